The van der Waals surface area contributed by atoms with Crippen LogP contribution in [0.25, 0.3) is 0 Å². The minimum absolute atomic E-state index is 0.0111. The Kier molecular flexibility index (Phi) is 9.16. The lowest BCUT2D eigenvalue weighted by atomic mass is 10.0. The smallest absolute Gasteiger partial charge is 0.264 e. The topological polar surface area (TPSA) is 59.1 Å². The summed E-state index contributed by atoms with van der Waals surface area (Å²) in [6.45, 7) is 0.756. The van der Waals surface area contributed by atoms with Crippen molar-refractivity contribution in [1.82, 2.24) is 4.90 Å². The highest BCUT2D eigenvalue weighted by molar-refractivity contribution is 7.92. The van der Waals surface area contributed by atoms with Crippen LogP contribution in [-0.2, 0) is 16.4 Å². The molecular formula is C26H29ClF2N2O4S. The van der Waals surface area contributed by atoms with Crippen molar-refractivity contribution in [3.8, 4) is 11.5 Å². The Hall–Kier alpha value is -2.88. The number of hydrogen-bond donors (Lipinski definition) is 0. The van der Waals surface area contributed by atoms with Gasteiger partial charge in [0.1, 0.15) is 11.6 Å². The minimum atomic E-state index is -4.11. The summed E-state index contributed by atoms with van der Waals surface area (Å²) >= 11 is 6.22. The number of ether oxygens (including phenoxy) is 2. The van der Waals surface area contributed by atoms with Crippen LogP contribution in [0.5, 0.6) is 11.5 Å². The number of hydrogen-bond acceptors (Lipinski definition) is 5. The van der Waals surface area contributed by atoms with Gasteiger partial charge in [-0.25, -0.2) is 17.2 Å². The molecule has 0 aliphatic heterocycles. The fourth-order valence-corrected chi connectivity index (χ4v) is 5.59. The van der Waals surface area contributed by atoms with E-state index in [-0.39, 0.29) is 34.9 Å². The molecule has 0 bridgehead atoms. The molecule has 0 N–H and O–H groups in total. The van der Waals surface area contributed by atoms with E-state index in [1.165, 1.54) is 48.9 Å². The van der Waals surface area contributed by atoms with Gasteiger partial charge in [-0.15, -0.1) is 0 Å². The normalized spacial score (nSPS) is 11.6. The molecule has 3 aromatic rings. The van der Waals surface area contributed by atoms with E-state index in [2.05, 4.69) is 0 Å². The SMILES string of the molecule is COc1ccc(S(=O)(=O)N(CCCN(C)C)c2ccc(Cl)cc2Cc2c(F)cccc2F)cc1OC. The summed E-state index contributed by atoms with van der Waals surface area (Å²) in [5, 5.41) is 0.322. The van der Waals surface area contributed by atoms with Gasteiger partial charge in [-0.2, -0.15) is 0 Å². The van der Waals surface area contributed by atoms with Crippen molar-refractivity contribution in [3.05, 3.63) is 82.4 Å². The Labute approximate surface area is 216 Å². The molecule has 3 aromatic carbocycles. The fraction of sp³-hybridized carbons (Fsp3) is 0.308. The molecule has 0 unspecified atom stereocenters. The van der Waals surface area contributed by atoms with Gasteiger partial charge in [0, 0.05) is 29.6 Å². The molecule has 10 heteroatoms. The van der Waals surface area contributed by atoms with Gasteiger partial charge in [-0.05, 0) is 75.1 Å². The standard InChI is InChI=1S/C26H29ClF2N2O4S/c1-30(2)13-6-14-31(36(32,33)20-10-12-25(34-3)26(17-20)35-4)24-11-9-19(27)15-18(24)16-21-22(28)7-5-8-23(21)29/h5,7-12,15,17H,6,13-14,16H2,1-4H3. The maximum absolute atomic E-state index is 14.5. The summed E-state index contributed by atoms with van der Waals surface area (Å²) in [5.41, 5.74) is 0.494. The van der Waals surface area contributed by atoms with E-state index in [0.717, 1.165) is 12.1 Å². The number of halogens is 3. The minimum Gasteiger partial charge on any atom is -0.493 e. The number of rotatable bonds is 11. The van der Waals surface area contributed by atoms with Crippen LogP contribution in [0.4, 0.5) is 14.5 Å². The van der Waals surface area contributed by atoms with Gasteiger partial charge >= 0.3 is 0 Å². The summed E-state index contributed by atoms with van der Waals surface area (Å²) in [6.07, 6.45) is 0.329. The molecule has 0 saturated carbocycles. The van der Waals surface area contributed by atoms with Crippen LogP contribution in [0.3, 0.4) is 0 Å². The van der Waals surface area contributed by atoms with Crippen LogP contribution in [-0.4, -0.2) is 54.7 Å². The zero-order chi connectivity index (χ0) is 26.5. The molecule has 0 aromatic heterocycles. The quantitative estimate of drug-likeness (QED) is 0.328. The Morgan fingerprint density at radius 1 is 0.889 bits per heavy atom. The van der Waals surface area contributed by atoms with Gasteiger partial charge in [0.05, 0.1) is 24.8 Å². The molecule has 0 fully saturated rings. The average Bonchev–Trinajstić information content (AvgIpc) is 2.84. The summed E-state index contributed by atoms with van der Waals surface area (Å²) in [5.74, 6) is -0.792. The first-order valence-electron chi connectivity index (χ1n) is 11.2. The predicted molar refractivity (Wildman–Crippen MR) is 138 cm³/mol. The van der Waals surface area contributed by atoms with E-state index in [1.54, 1.807) is 12.1 Å². The van der Waals surface area contributed by atoms with Crippen LogP contribution < -0.4 is 13.8 Å². The van der Waals surface area contributed by atoms with E-state index < -0.39 is 21.7 Å². The molecule has 0 saturated heterocycles. The summed E-state index contributed by atoms with van der Waals surface area (Å²) in [6, 6.07) is 12.6. The highest BCUT2D eigenvalue weighted by Gasteiger charge is 2.28. The van der Waals surface area contributed by atoms with Crippen LogP contribution in [0.1, 0.15) is 17.5 Å². The third-order valence-electron chi connectivity index (χ3n) is 5.65. The second-order valence-electron chi connectivity index (χ2n) is 8.40. The maximum Gasteiger partial charge on any atom is 0.264 e. The van der Waals surface area contributed by atoms with Crippen LogP contribution >= 0.6 is 11.6 Å². The van der Waals surface area contributed by atoms with E-state index in [0.29, 0.717) is 29.3 Å². The van der Waals surface area contributed by atoms with Crippen molar-refractivity contribution in [3.63, 3.8) is 0 Å². The highest BCUT2D eigenvalue weighted by atomic mass is 35.5. The zero-order valence-corrected chi connectivity index (χ0v) is 22.2. The van der Waals surface area contributed by atoms with Crippen molar-refractivity contribution < 1.29 is 26.7 Å². The Morgan fingerprint density at radius 2 is 1.56 bits per heavy atom. The lowest BCUT2D eigenvalue weighted by Crippen LogP contribution is -2.34. The molecule has 0 aliphatic carbocycles. The van der Waals surface area contributed by atoms with Gasteiger partial charge < -0.3 is 14.4 Å². The summed E-state index contributed by atoms with van der Waals surface area (Å²) in [7, 11) is 2.55. The molecule has 194 valence electrons. The lowest BCUT2D eigenvalue weighted by Gasteiger charge is -2.28. The predicted octanol–water partition coefficient (Wildman–Crippen LogP) is 5.37. The second-order valence-corrected chi connectivity index (χ2v) is 10.7. The van der Waals surface area contributed by atoms with Crippen LogP contribution in [0, 0.1) is 11.6 Å². The molecule has 6 nitrogen and oxygen atoms in total. The first-order chi connectivity index (χ1) is 17.1. The number of methoxy groups -OCH3 is 2. The number of nitrogens with zero attached hydrogens (tertiary/aromatic N) is 2. The van der Waals surface area contributed by atoms with E-state index in [9.17, 15) is 17.2 Å². The summed E-state index contributed by atoms with van der Waals surface area (Å²) < 4.78 is 68.6. The van der Waals surface area contributed by atoms with E-state index in [4.69, 9.17) is 21.1 Å². The Morgan fingerprint density at radius 3 is 2.17 bits per heavy atom. The number of anilines is 1. The molecule has 36 heavy (non-hydrogen) atoms. The van der Waals surface area contributed by atoms with E-state index >= 15 is 0 Å². The lowest BCUT2D eigenvalue weighted by molar-refractivity contribution is 0.354. The molecule has 0 amide bonds. The largest absolute Gasteiger partial charge is 0.493 e. The molecule has 0 radical (unpaired) electrons. The van der Waals surface area contributed by atoms with Gasteiger partial charge in [0.15, 0.2) is 11.5 Å². The van der Waals surface area contributed by atoms with Crippen molar-refractivity contribution in [2.24, 2.45) is 0 Å². The molecule has 0 aliphatic rings. The zero-order valence-electron chi connectivity index (χ0n) is 20.6. The highest BCUT2D eigenvalue weighted by Crippen LogP contribution is 2.35. The van der Waals surface area contributed by atoms with Gasteiger partial charge in [0.25, 0.3) is 10.0 Å². The summed E-state index contributed by atoms with van der Waals surface area (Å²) in [4.78, 5) is 1.93. The molecule has 0 heterocycles. The fourth-order valence-electron chi connectivity index (χ4n) is 3.84. The molecule has 0 spiro atoms. The third-order valence-corrected chi connectivity index (χ3v) is 7.69. The van der Waals surface area contributed by atoms with Gasteiger partial charge in [-0.1, -0.05) is 17.7 Å². The van der Waals surface area contributed by atoms with Gasteiger partial charge in [0.2, 0.25) is 0 Å². The molecule has 3 rings (SSSR count). The second kappa shape index (κ2) is 11.9. The van der Waals surface area contributed by atoms with Crippen molar-refractivity contribution >= 4 is 27.3 Å². The first-order valence-corrected chi connectivity index (χ1v) is 13.0. The third kappa shape index (κ3) is 6.27. The molecule has 0 atom stereocenters. The monoisotopic (exact) mass is 538 g/mol. The maximum atomic E-state index is 14.5. The number of sulfonamides is 1. The first kappa shape index (κ1) is 27.7. The van der Waals surface area contributed by atoms with Crippen molar-refractivity contribution in [2.75, 3.05) is 45.7 Å². The molecular weight excluding hydrogens is 510 g/mol. The van der Waals surface area contributed by atoms with Gasteiger partial charge in [-0.3, -0.25) is 4.31 Å². The van der Waals surface area contributed by atoms with Crippen LogP contribution in [0.15, 0.2) is 59.5 Å². The number of benzene rings is 3. The Bertz CT molecular complexity index is 1300. The Balaban J connectivity index is 2.14. The average molecular weight is 539 g/mol. The van der Waals surface area contributed by atoms with E-state index in [1.807, 2.05) is 19.0 Å². The van der Waals surface area contributed by atoms with Crippen molar-refractivity contribution in [1.29, 1.82) is 0 Å². The van der Waals surface area contributed by atoms with Crippen LogP contribution in [0.2, 0.25) is 5.02 Å². The van der Waals surface area contributed by atoms with Crippen molar-refractivity contribution in [2.45, 2.75) is 17.7 Å².